The Labute approximate surface area is 59.3 Å². The quantitative estimate of drug-likeness (QED) is 0.442. The third kappa shape index (κ3) is 6.73. The molecule has 0 bridgehead atoms. The summed E-state index contributed by atoms with van der Waals surface area (Å²) in [5, 5.41) is 8.08. The molecule has 0 aromatic rings. The van der Waals surface area contributed by atoms with Gasteiger partial charge in [0.1, 0.15) is 6.61 Å². The molecule has 3 heteroatoms. The molecule has 0 amide bonds. The minimum Gasteiger partial charge on any atom is -0.478 e. The van der Waals surface area contributed by atoms with Crippen molar-refractivity contribution in [2.45, 2.75) is 0 Å². The summed E-state index contributed by atoms with van der Waals surface area (Å²) in [6.45, 7) is 0.323. The number of carboxylic acids is 1. The fourth-order valence-electron chi connectivity index (χ4n) is 0.286. The van der Waals surface area contributed by atoms with Crippen LogP contribution in [-0.4, -0.2) is 24.8 Å². The average Bonchev–Trinajstić information content (AvgIpc) is 1.87. The van der Waals surface area contributed by atoms with Crippen molar-refractivity contribution in [2.24, 2.45) is 0 Å². The zero-order chi connectivity index (χ0) is 7.82. The Morgan fingerprint density at radius 1 is 1.80 bits per heavy atom. The van der Waals surface area contributed by atoms with E-state index in [1.165, 1.54) is 13.2 Å². The van der Waals surface area contributed by atoms with Gasteiger partial charge >= 0.3 is 5.97 Å². The topological polar surface area (TPSA) is 46.5 Å². The lowest BCUT2D eigenvalue weighted by atomic mass is 10.5. The van der Waals surface area contributed by atoms with Gasteiger partial charge in [0.05, 0.1) is 0 Å². The van der Waals surface area contributed by atoms with Crippen LogP contribution in [0.25, 0.3) is 0 Å². The lowest BCUT2D eigenvalue weighted by molar-refractivity contribution is -0.131. The average molecular weight is 140 g/mol. The second-order valence-corrected chi connectivity index (χ2v) is 1.43. The minimum absolute atomic E-state index is 0.323. The van der Waals surface area contributed by atoms with E-state index in [4.69, 9.17) is 5.11 Å². The number of allylic oxidation sites excluding steroid dienone is 1. The third-order valence-electron chi connectivity index (χ3n) is 0.628. The van der Waals surface area contributed by atoms with Gasteiger partial charge in [-0.25, -0.2) is 4.79 Å². The molecule has 0 spiro atoms. The highest BCUT2D eigenvalue weighted by Crippen LogP contribution is 1.69. The molecule has 0 saturated carbocycles. The van der Waals surface area contributed by atoms with Crippen molar-refractivity contribution in [1.29, 1.82) is 0 Å². The molecule has 0 fully saturated rings. The lowest BCUT2D eigenvalue weighted by Gasteiger charge is -1.79. The summed E-state index contributed by atoms with van der Waals surface area (Å²) in [6, 6.07) is 0. The van der Waals surface area contributed by atoms with E-state index in [1.54, 1.807) is 0 Å². The molecule has 0 atom stereocenters. The predicted octanol–water partition coefficient (Wildman–Crippen LogP) is 0.277. The molecule has 0 radical (unpaired) electrons. The Balaban J connectivity index is 3.54. The van der Waals surface area contributed by atoms with Crippen LogP contribution in [0.4, 0.5) is 0 Å². The highest BCUT2D eigenvalue weighted by atomic mass is 16.5. The van der Waals surface area contributed by atoms with E-state index in [0.717, 1.165) is 6.08 Å². The normalized spacial score (nSPS) is 8.90. The number of carbonyl (C=O) groups is 1. The Hall–Kier alpha value is -1.27. The summed E-state index contributed by atoms with van der Waals surface area (Å²) < 4.78 is 4.59. The van der Waals surface area contributed by atoms with Crippen LogP contribution in [-0.2, 0) is 9.53 Å². The molecular weight excluding hydrogens is 132 g/mol. The van der Waals surface area contributed by atoms with Gasteiger partial charge in [0.25, 0.3) is 0 Å². The van der Waals surface area contributed by atoms with E-state index in [1.807, 2.05) is 0 Å². The molecule has 3 nitrogen and oxygen atoms in total. The second-order valence-electron chi connectivity index (χ2n) is 1.43. The van der Waals surface area contributed by atoms with Crippen LogP contribution in [0.5, 0.6) is 0 Å². The standard InChI is InChI=1S/C7H8O3/c1-10-6-4-2-3-5-7(8)9/h3,5H,6H2,1H3,(H,8,9)/b5-3-. The molecule has 54 valence electrons. The van der Waals surface area contributed by atoms with E-state index in [0.29, 0.717) is 6.61 Å². The fourth-order valence-corrected chi connectivity index (χ4v) is 0.286. The van der Waals surface area contributed by atoms with E-state index < -0.39 is 5.97 Å². The summed E-state index contributed by atoms with van der Waals surface area (Å²) in [5.74, 6) is 4.06. The Bertz CT molecular complexity index is 183. The van der Waals surface area contributed by atoms with Crippen molar-refractivity contribution in [3.8, 4) is 11.8 Å². The van der Waals surface area contributed by atoms with Gasteiger partial charge in [0.2, 0.25) is 0 Å². The Kier molecular flexibility index (Phi) is 5.12. The van der Waals surface area contributed by atoms with Crippen molar-refractivity contribution in [1.82, 2.24) is 0 Å². The number of rotatable bonds is 2. The summed E-state index contributed by atoms with van der Waals surface area (Å²) in [7, 11) is 1.52. The maximum absolute atomic E-state index is 9.85. The molecular formula is C7H8O3. The highest BCUT2D eigenvalue weighted by molar-refractivity contribution is 5.80. The lowest BCUT2D eigenvalue weighted by Crippen LogP contribution is -1.84. The van der Waals surface area contributed by atoms with Crippen molar-refractivity contribution < 1.29 is 14.6 Å². The van der Waals surface area contributed by atoms with Crippen molar-refractivity contribution >= 4 is 5.97 Å². The first-order valence-electron chi connectivity index (χ1n) is 2.64. The van der Waals surface area contributed by atoms with Crippen LogP contribution in [0.2, 0.25) is 0 Å². The molecule has 10 heavy (non-hydrogen) atoms. The molecule has 0 heterocycles. The zero-order valence-corrected chi connectivity index (χ0v) is 5.63. The molecule has 1 N–H and O–H groups in total. The molecule has 0 aliphatic carbocycles. The number of aliphatic carboxylic acids is 1. The third-order valence-corrected chi connectivity index (χ3v) is 0.628. The summed E-state index contributed by atoms with van der Waals surface area (Å²) in [4.78, 5) is 9.85. The number of hydrogen-bond donors (Lipinski definition) is 1. The predicted molar refractivity (Wildman–Crippen MR) is 36.4 cm³/mol. The van der Waals surface area contributed by atoms with Crippen LogP contribution in [0.1, 0.15) is 0 Å². The van der Waals surface area contributed by atoms with Crippen molar-refractivity contribution in [3.63, 3.8) is 0 Å². The SMILES string of the molecule is COCC#C/C=C\C(=O)O. The first-order chi connectivity index (χ1) is 4.77. The van der Waals surface area contributed by atoms with Gasteiger partial charge in [-0.05, 0) is 6.08 Å². The van der Waals surface area contributed by atoms with Crippen LogP contribution >= 0.6 is 0 Å². The van der Waals surface area contributed by atoms with Gasteiger partial charge in [-0.15, -0.1) is 0 Å². The summed E-state index contributed by atoms with van der Waals surface area (Å²) in [5.41, 5.74) is 0. The first-order valence-corrected chi connectivity index (χ1v) is 2.64. The van der Waals surface area contributed by atoms with Gasteiger partial charge in [-0.2, -0.15) is 0 Å². The van der Waals surface area contributed by atoms with E-state index in [9.17, 15) is 4.79 Å². The minimum atomic E-state index is -0.994. The number of carboxylic acid groups (broad SMARTS) is 1. The second kappa shape index (κ2) is 5.86. The van der Waals surface area contributed by atoms with E-state index in [-0.39, 0.29) is 0 Å². The Morgan fingerprint density at radius 2 is 2.50 bits per heavy atom. The van der Waals surface area contributed by atoms with Crippen molar-refractivity contribution in [2.75, 3.05) is 13.7 Å². The first kappa shape index (κ1) is 8.73. The van der Waals surface area contributed by atoms with Gasteiger partial charge in [-0.1, -0.05) is 11.8 Å². The monoisotopic (exact) mass is 140 g/mol. The van der Waals surface area contributed by atoms with Gasteiger partial charge in [0, 0.05) is 13.2 Å². The molecule has 0 aromatic carbocycles. The maximum atomic E-state index is 9.85. The van der Waals surface area contributed by atoms with Crippen LogP contribution < -0.4 is 0 Å². The molecule has 0 saturated heterocycles. The number of hydrogen-bond acceptors (Lipinski definition) is 2. The zero-order valence-electron chi connectivity index (χ0n) is 5.63. The van der Waals surface area contributed by atoms with Gasteiger partial charge in [-0.3, -0.25) is 0 Å². The van der Waals surface area contributed by atoms with Crippen LogP contribution in [0.15, 0.2) is 12.2 Å². The van der Waals surface area contributed by atoms with Gasteiger partial charge < -0.3 is 9.84 Å². The largest absolute Gasteiger partial charge is 0.478 e. The fraction of sp³-hybridized carbons (Fsp3) is 0.286. The highest BCUT2D eigenvalue weighted by Gasteiger charge is 1.79. The number of ether oxygens (including phenoxy) is 1. The van der Waals surface area contributed by atoms with Crippen molar-refractivity contribution in [3.05, 3.63) is 12.2 Å². The van der Waals surface area contributed by atoms with E-state index >= 15 is 0 Å². The molecule has 0 unspecified atom stereocenters. The molecule has 0 aliphatic heterocycles. The summed E-state index contributed by atoms with van der Waals surface area (Å²) >= 11 is 0. The van der Waals surface area contributed by atoms with Gasteiger partial charge in [0.15, 0.2) is 0 Å². The maximum Gasteiger partial charge on any atom is 0.328 e. The molecule has 0 aromatic heterocycles. The van der Waals surface area contributed by atoms with Crippen LogP contribution in [0.3, 0.4) is 0 Å². The van der Waals surface area contributed by atoms with Crippen LogP contribution in [0, 0.1) is 11.8 Å². The molecule has 0 aliphatic rings. The molecule has 0 rings (SSSR count). The Morgan fingerprint density at radius 3 is 3.00 bits per heavy atom. The smallest absolute Gasteiger partial charge is 0.328 e. The van der Waals surface area contributed by atoms with E-state index in [2.05, 4.69) is 16.6 Å². The summed E-state index contributed by atoms with van der Waals surface area (Å²) in [6.07, 6.45) is 2.24. The number of methoxy groups -OCH3 is 1.